The van der Waals surface area contributed by atoms with E-state index >= 15 is 0 Å². The van der Waals surface area contributed by atoms with Crippen LogP contribution in [0.1, 0.15) is 35.9 Å². The van der Waals surface area contributed by atoms with Crippen LogP contribution in [0.4, 0.5) is 0 Å². The summed E-state index contributed by atoms with van der Waals surface area (Å²) in [6.07, 6.45) is 0.307. The summed E-state index contributed by atoms with van der Waals surface area (Å²) < 4.78 is 0. The topological polar surface area (TPSA) is 76.6 Å². The molecule has 5 nitrogen and oxygen atoms in total. The summed E-state index contributed by atoms with van der Waals surface area (Å²) in [4.78, 5) is 14.2. The van der Waals surface area contributed by atoms with Crippen LogP contribution in [0.2, 0.25) is 15.1 Å². The minimum absolute atomic E-state index is 0.183. The molecule has 0 spiro atoms. The molecule has 8 heteroatoms. The van der Waals surface area contributed by atoms with Gasteiger partial charge in [-0.2, -0.15) is 0 Å². The van der Waals surface area contributed by atoms with Crippen molar-refractivity contribution in [1.82, 2.24) is 9.88 Å². The molecule has 154 valence electrons. The molecule has 29 heavy (non-hydrogen) atoms. The van der Waals surface area contributed by atoms with Crippen molar-refractivity contribution in [2.24, 2.45) is 0 Å². The van der Waals surface area contributed by atoms with Crippen LogP contribution >= 0.6 is 34.8 Å². The predicted octanol–water partition coefficient (Wildman–Crippen LogP) is 5.48. The van der Waals surface area contributed by atoms with Crippen molar-refractivity contribution in [3.8, 4) is 0 Å². The van der Waals surface area contributed by atoms with E-state index in [2.05, 4.69) is 16.8 Å². The highest BCUT2D eigenvalue weighted by Crippen LogP contribution is 2.36. The largest absolute Gasteiger partial charge is 0.483 e. The summed E-state index contributed by atoms with van der Waals surface area (Å²) in [6.45, 7) is 3.33. The highest BCUT2D eigenvalue weighted by molar-refractivity contribution is 6.42. The number of rotatable bonds is 3. The Morgan fingerprint density at radius 1 is 1.21 bits per heavy atom. The average Bonchev–Trinajstić information content (AvgIpc) is 3.05. The molecule has 1 aliphatic rings. The van der Waals surface area contributed by atoms with Crippen LogP contribution in [0, 0.1) is 0 Å². The number of aromatic nitrogens is 1. The Morgan fingerprint density at radius 3 is 2.62 bits per heavy atom. The fraction of sp³-hybridized carbons (Fsp3) is 0.286. The first-order chi connectivity index (χ1) is 13.8. The molecule has 0 amide bonds. The quantitative estimate of drug-likeness (QED) is 0.457. The van der Waals surface area contributed by atoms with Gasteiger partial charge in [0.1, 0.15) is 0 Å². The number of nitrogens with zero attached hydrogens (tertiary/aromatic N) is 1. The summed E-state index contributed by atoms with van der Waals surface area (Å²) in [5, 5.41) is 20.5. The van der Waals surface area contributed by atoms with Gasteiger partial charge in [0, 0.05) is 40.8 Å². The molecule has 0 radical (unpaired) electrons. The van der Waals surface area contributed by atoms with E-state index in [0.29, 0.717) is 16.6 Å². The third-order valence-electron chi connectivity index (χ3n) is 5.25. The lowest BCUT2D eigenvalue weighted by atomic mass is 9.97. The highest BCUT2D eigenvalue weighted by Gasteiger charge is 2.28. The standard InChI is InChI=1S/C20H19Cl3N2O.CH2O2/c1-11-20-14(15-9-13(21)3-5-18(15)24-20)6-7-25(11)10-19(26)12-2-4-16(22)17(23)8-12;2-1-3/h2-5,8-9,11,19,24,26H,6-7,10H2,1H3;1H,(H,2,3). The van der Waals surface area contributed by atoms with Crippen LogP contribution in [0.25, 0.3) is 10.9 Å². The van der Waals surface area contributed by atoms with Gasteiger partial charge in [0.15, 0.2) is 0 Å². The molecule has 0 saturated carbocycles. The molecule has 0 bridgehead atoms. The number of aliphatic hydroxyl groups is 1. The second kappa shape index (κ2) is 9.37. The summed E-state index contributed by atoms with van der Waals surface area (Å²) in [5.41, 5.74) is 4.42. The van der Waals surface area contributed by atoms with Crippen LogP contribution in [0.15, 0.2) is 36.4 Å². The molecular formula is C21H21Cl3N2O3. The summed E-state index contributed by atoms with van der Waals surface area (Å²) >= 11 is 18.2. The number of carbonyl (C=O) groups is 1. The first kappa shape index (κ1) is 21.9. The van der Waals surface area contributed by atoms with Gasteiger partial charge in [0.05, 0.1) is 16.1 Å². The molecular weight excluding hydrogens is 435 g/mol. The van der Waals surface area contributed by atoms with Crippen molar-refractivity contribution < 1.29 is 15.0 Å². The number of hydrogen-bond donors (Lipinski definition) is 3. The molecule has 4 rings (SSSR count). The maximum atomic E-state index is 10.7. The maximum absolute atomic E-state index is 10.7. The smallest absolute Gasteiger partial charge is 0.290 e. The Morgan fingerprint density at radius 2 is 1.93 bits per heavy atom. The zero-order valence-corrected chi connectivity index (χ0v) is 18.0. The fourth-order valence-corrected chi connectivity index (χ4v) is 4.27. The number of aliphatic hydroxyl groups excluding tert-OH is 1. The molecule has 0 fully saturated rings. The van der Waals surface area contributed by atoms with Gasteiger partial charge in [-0.15, -0.1) is 0 Å². The van der Waals surface area contributed by atoms with E-state index in [9.17, 15) is 5.11 Å². The van der Waals surface area contributed by atoms with Crippen molar-refractivity contribution >= 4 is 52.2 Å². The molecule has 2 heterocycles. The second-order valence-electron chi connectivity index (χ2n) is 6.92. The van der Waals surface area contributed by atoms with Crippen molar-refractivity contribution in [3.63, 3.8) is 0 Å². The first-order valence-electron chi connectivity index (χ1n) is 9.10. The first-order valence-corrected chi connectivity index (χ1v) is 10.2. The minimum atomic E-state index is -0.618. The van der Waals surface area contributed by atoms with Gasteiger partial charge in [-0.05, 0) is 54.8 Å². The summed E-state index contributed by atoms with van der Waals surface area (Å²) in [7, 11) is 0. The Balaban J connectivity index is 0.000000755. The van der Waals surface area contributed by atoms with Crippen LogP contribution in [0.3, 0.4) is 0 Å². The van der Waals surface area contributed by atoms with Crippen LogP contribution in [0.5, 0.6) is 0 Å². The number of hydrogen-bond acceptors (Lipinski definition) is 3. The van der Waals surface area contributed by atoms with Crippen LogP contribution in [-0.4, -0.2) is 39.7 Å². The zero-order chi connectivity index (χ0) is 21.1. The van der Waals surface area contributed by atoms with E-state index < -0.39 is 6.10 Å². The maximum Gasteiger partial charge on any atom is 0.290 e. The van der Waals surface area contributed by atoms with Gasteiger partial charge < -0.3 is 15.2 Å². The van der Waals surface area contributed by atoms with E-state index in [-0.39, 0.29) is 12.5 Å². The molecule has 1 aromatic heterocycles. The number of benzene rings is 2. The van der Waals surface area contributed by atoms with Crippen molar-refractivity contribution in [2.75, 3.05) is 13.1 Å². The normalized spacial score (nSPS) is 17.3. The number of carboxylic acid groups (broad SMARTS) is 1. The third-order valence-corrected chi connectivity index (χ3v) is 6.23. The molecule has 2 unspecified atom stereocenters. The number of halogens is 3. The Hall–Kier alpha value is -1.76. The average molecular weight is 456 g/mol. The van der Waals surface area contributed by atoms with E-state index in [1.54, 1.807) is 12.1 Å². The second-order valence-corrected chi connectivity index (χ2v) is 8.17. The minimum Gasteiger partial charge on any atom is -0.483 e. The van der Waals surface area contributed by atoms with Gasteiger partial charge in [-0.25, -0.2) is 0 Å². The molecule has 2 atom stereocenters. The third kappa shape index (κ3) is 4.71. The van der Waals surface area contributed by atoms with Crippen molar-refractivity contribution in [1.29, 1.82) is 0 Å². The Kier molecular flexibility index (Phi) is 7.09. The van der Waals surface area contributed by atoms with Gasteiger partial charge in [-0.3, -0.25) is 9.69 Å². The number of nitrogens with one attached hydrogen (secondary N) is 1. The lowest BCUT2D eigenvalue weighted by Gasteiger charge is -2.35. The number of β-amino-alcohol motifs (C(OH)–C–C–N with tert-alkyl or cyclic N) is 1. The molecule has 0 aliphatic carbocycles. The summed E-state index contributed by atoms with van der Waals surface area (Å²) in [5.74, 6) is 0. The number of H-pyrrole nitrogens is 1. The summed E-state index contributed by atoms with van der Waals surface area (Å²) in [6, 6.07) is 11.4. The molecule has 1 aliphatic heterocycles. The molecule has 0 saturated heterocycles. The zero-order valence-electron chi connectivity index (χ0n) is 15.7. The Labute approximate surface area is 183 Å². The van der Waals surface area contributed by atoms with E-state index in [1.165, 1.54) is 16.6 Å². The lowest BCUT2D eigenvalue weighted by Crippen LogP contribution is -2.36. The molecule has 2 aromatic carbocycles. The van der Waals surface area contributed by atoms with Crippen molar-refractivity contribution in [3.05, 3.63) is 68.3 Å². The van der Waals surface area contributed by atoms with Gasteiger partial charge in [0.25, 0.3) is 6.47 Å². The van der Waals surface area contributed by atoms with E-state index in [1.807, 2.05) is 24.3 Å². The number of fused-ring (bicyclic) bond motifs is 3. The fourth-order valence-electron chi connectivity index (χ4n) is 3.79. The SMILES string of the molecule is CC1c2[nH]c3ccc(Cl)cc3c2CCN1CC(O)c1ccc(Cl)c(Cl)c1.O=CO. The monoisotopic (exact) mass is 454 g/mol. The van der Waals surface area contributed by atoms with Gasteiger partial charge >= 0.3 is 0 Å². The van der Waals surface area contributed by atoms with Gasteiger partial charge in [-0.1, -0.05) is 40.9 Å². The van der Waals surface area contributed by atoms with Crippen LogP contribution < -0.4 is 0 Å². The Bertz CT molecular complexity index is 1020. The molecule has 3 aromatic rings. The highest BCUT2D eigenvalue weighted by atomic mass is 35.5. The van der Waals surface area contributed by atoms with Gasteiger partial charge in [0.2, 0.25) is 0 Å². The predicted molar refractivity (Wildman–Crippen MR) is 117 cm³/mol. The van der Waals surface area contributed by atoms with E-state index in [0.717, 1.165) is 29.1 Å². The van der Waals surface area contributed by atoms with E-state index in [4.69, 9.17) is 44.7 Å². The van der Waals surface area contributed by atoms with Crippen LogP contribution in [-0.2, 0) is 11.2 Å². The number of aromatic amines is 1. The van der Waals surface area contributed by atoms with Crippen molar-refractivity contribution in [2.45, 2.75) is 25.5 Å². The lowest BCUT2D eigenvalue weighted by molar-refractivity contribution is -0.122. The molecule has 3 N–H and O–H groups in total.